The minimum absolute atomic E-state index is 0.342. The van der Waals surface area contributed by atoms with E-state index >= 15 is 0 Å². The van der Waals surface area contributed by atoms with Crippen molar-refractivity contribution in [3.63, 3.8) is 0 Å². The second-order valence-electron chi connectivity index (χ2n) is 7.54. The molecule has 0 spiro atoms. The van der Waals surface area contributed by atoms with Crippen LogP contribution in [0, 0.1) is 18.8 Å². The molecule has 2 aromatic rings. The molecule has 4 rings (SSSR count). The molecular weight excluding hydrogens is 312 g/mol. The van der Waals surface area contributed by atoms with Gasteiger partial charge in [-0.15, -0.1) is 0 Å². The van der Waals surface area contributed by atoms with E-state index in [9.17, 15) is 5.11 Å². The number of phenolic OH excluding ortho intramolecular Hbond substituents is 1. The van der Waals surface area contributed by atoms with Crippen molar-refractivity contribution in [3.8, 4) is 11.5 Å². The smallest absolute Gasteiger partial charge is 0.138 e. The molecule has 1 aromatic carbocycles. The third-order valence-corrected chi connectivity index (χ3v) is 5.62. The summed E-state index contributed by atoms with van der Waals surface area (Å²) in [5.74, 6) is 2.78. The molecule has 4 nitrogen and oxygen atoms in total. The summed E-state index contributed by atoms with van der Waals surface area (Å²) in [6.07, 6.45) is 5.56. The van der Waals surface area contributed by atoms with Crippen LogP contribution in [0.2, 0.25) is 0 Å². The van der Waals surface area contributed by atoms with Crippen molar-refractivity contribution in [3.05, 3.63) is 53.9 Å². The fourth-order valence-corrected chi connectivity index (χ4v) is 4.29. The lowest BCUT2D eigenvalue weighted by Gasteiger charge is -2.19. The van der Waals surface area contributed by atoms with E-state index in [0.29, 0.717) is 11.9 Å². The van der Waals surface area contributed by atoms with Crippen LogP contribution in [0.3, 0.4) is 0 Å². The number of ether oxygens (including phenoxy) is 1. The Hall–Kier alpha value is -2.07. The Morgan fingerprint density at radius 3 is 2.44 bits per heavy atom. The highest BCUT2D eigenvalue weighted by molar-refractivity contribution is 5.26. The predicted octanol–water partition coefficient (Wildman–Crippen LogP) is 3.43. The molecule has 25 heavy (non-hydrogen) atoms. The average Bonchev–Trinajstić information content (AvgIpc) is 3.14. The van der Waals surface area contributed by atoms with E-state index < -0.39 is 0 Å². The lowest BCUT2D eigenvalue weighted by atomic mass is 10.0. The van der Waals surface area contributed by atoms with E-state index in [2.05, 4.69) is 9.88 Å². The first-order valence-electron chi connectivity index (χ1n) is 9.25. The molecule has 2 fully saturated rings. The summed E-state index contributed by atoms with van der Waals surface area (Å²) in [6.45, 7) is 5.48. The van der Waals surface area contributed by atoms with Gasteiger partial charge in [0.25, 0.3) is 0 Å². The molecule has 1 aliphatic carbocycles. The van der Waals surface area contributed by atoms with E-state index in [1.807, 2.05) is 37.4 Å². The molecule has 2 heterocycles. The molecule has 0 amide bonds. The normalized spacial score (nSPS) is 25.9. The van der Waals surface area contributed by atoms with Crippen LogP contribution >= 0.6 is 0 Å². The van der Waals surface area contributed by atoms with Crippen LogP contribution in [-0.4, -0.2) is 40.7 Å². The van der Waals surface area contributed by atoms with Crippen LogP contribution in [0.5, 0.6) is 11.5 Å². The van der Waals surface area contributed by atoms with Crippen LogP contribution in [0.4, 0.5) is 0 Å². The fourth-order valence-electron chi connectivity index (χ4n) is 4.29. The molecule has 1 aliphatic heterocycles. The van der Waals surface area contributed by atoms with Crippen LogP contribution in [0.25, 0.3) is 0 Å². The lowest BCUT2D eigenvalue weighted by molar-refractivity contribution is 0.185. The number of phenols is 1. The number of hydrogen-bond acceptors (Lipinski definition) is 4. The third-order valence-electron chi connectivity index (χ3n) is 5.62. The van der Waals surface area contributed by atoms with Gasteiger partial charge in [0.15, 0.2) is 0 Å². The Morgan fingerprint density at radius 1 is 1.08 bits per heavy atom. The van der Waals surface area contributed by atoms with Gasteiger partial charge in [-0.1, -0.05) is 12.1 Å². The van der Waals surface area contributed by atoms with Crippen molar-refractivity contribution in [1.82, 2.24) is 9.88 Å². The molecule has 1 aromatic heterocycles. The Labute approximate surface area is 149 Å². The van der Waals surface area contributed by atoms with Crippen molar-refractivity contribution >= 4 is 0 Å². The van der Waals surface area contributed by atoms with Gasteiger partial charge >= 0.3 is 0 Å². The van der Waals surface area contributed by atoms with Crippen LogP contribution in [-0.2, 0) is 6.42 Å². The minimum atomic E-state index is 0.342. The molecule has 2 aliphatic rings. The molecule has 0 radical (unpaired) electrons. The minimum Gasteiger partial charge on any atom is -0.508 e. The van der Waals surface area contributed by atoms with Crippen LogP contribution in [0.15, 0.2) is 42.6 Å². The van der Waals surface area contributed by atoms with E-state index in [-0.39, 0.29) is 0 Å². The van der Waals surface area contributed by atoms with Crippen molar-refractivity contribution in [1.29, 1.82) is 0 Å². The van der Waals surface area contributed by atoms with Crippen molar-refractivity contribution in [2.75, 3.05) is 19.6 Å². The Morgan fingerprint density at radius 2 is 1.80 bits per heavy atom. The first kappa shape index (κ1) is 16.4. The maximum absolute atomic E-state index is 9.36. The van der Waals surface area contributed by atoms with E-state index in [1.165, 1.54) is 18.7 Å². The lowest BCUT2D eigenvalue weighted by Crippen LogP contribution is -2.26. The monoisotopic (exact) mass is 338 g/mol. The van der Waals surface area contributed by atoms with Gasteiger partial charge in [0.1, 0.15) is 11.5 Å². The zero-order valence-corrected chi connectivity index (χ0v) is 14.8. The van der Waals surface area contributed by atoms with Gasteiger partial charge in [0, 0.05) is 25.3 Å². The highest BCUT2D eigenvalue weighted by Gasteiger charge is 2.41. The van der Waals surface area contributed by atoms with Gasteiger partial charge in [0.2, 0.25) is 0 Å². The van der Waals surface area contributed by atoms with Crippen molar-refractivity contribution in [2.24, 2.45) is 11.8 Å². The topological polar surface area (TPSA) is 45.6 Å². The number of pyridine rings is 1. The molecular formula is C21H26N2O2. The first-order valence-corrected chi connectivity index (χ1v) is 9.25. The number of aryl methyl sites for hydroxylation is 1. The predicted molar refractivity (Wildman–Crippen MR) is 97.9 cm³/mol. The van der Waals surface area contributed by atoms with Gasteiger partial charge in [0.05, 0.1) is 12.3 Å². The summed E-state index contributed by atoms with van der Waals surface area (Å²) >= 11 is 0. The highest BCUT2D eigenvalue weighted by atomic mass is 16.5. The standard InChI is InChI=1S/C21H26N2O2/c1-15-2-7-20(12-22-15)25-21-10-17-13-23(14-18(17)11-21)9-8-16-3-5-19(24)6-4-16/h2-7,12,17-18,21,24H,8-11,13-14H2,1H3/t17-,18+,21?. The number of nitrogens with zero attached hydrogens (tertiary/aromatic N) is 2. The van der Waals surface area contributed by atoms with Gasteiger partial charge in [-0.3, -0.25) is 4.98 Å². The SMILES string of the molecule is Cc1ccc(OC2C[C@@H]3CN(CCc4ccc(O)cc4)C[C@@H]3C2)cn1. The van der Waals surface area contributed by atoms with E-state index in [0.717, 1.165) is 49.1 Å². The van der Waals surface area contributed by atoms with E-state index in [4.69, 9.17) is 4.74 Å². The molecule has 1 saturated heterocycles. The maximum atomic E-state index is 9.36. The molecule has 1 unspecified atom stereocenters. The van der Waals surface area contributed by atoms with Gasteiger partial charge in [-0.2, -0.15) is 0 Å². The molecule has 3 atom stereocenters. The summed E-state index contributed by atoms with van der Waals surface area (Å²) < 4.78 is 6.14. The first-order chi connectivity index (χ1) is 12.2. The molecule has 1 saturated carbocycles. The molecule has 132 valence electrons. The zero-order chi connectivity index (χ0) is 17.2. The highest BCUT2D eigenvalue weighted by Crippen LogP contribution is 2.39. The fraction of sp³-hybridized carbons (Fsp3) is 0.476. The number of aromatic nitrogens is 1. The average molecular weight is 338 g/mol. The maximum Gasteiger partial charge on any atom is 0.138 e. The Kier molecular flexibility index (Phi) is 4.62. The Balaban J connectivity index is 1.24. The summed E-state index contributed by atoms with van der Waals surface area (Å²) in [5, 5.41) is 9.36. The number of hydrogen-bond donors (Lipinski definition) is 1. The molecule has 4 heteroatoms. The molecule has 0 bridgehead atoms. The summed E-state index contributed by atoms with van der Waals surface area (Å²) in [5.41, 5.74) is 2.32. The second-order valence-corrected chi connectivity index (χ2v) is 7.54. The van der Waals surface area contributed by atoms with Gasteiger partial charge in [-0.25, -0.2) is 0 Å². The largest absolute Gasteiger partial charge is 0.508 e. The number of likely N-dealkylation sites (tertiary alicyclic amines) is 1. The summed E-state index contributed by atoms with van der Waals surface area (Å²) in [7, 11) is 0. The quantitative estimate of drug-likeness (QED) is 0.907. The number of rotatable bonds is 5. The van der Waals surface area contributed by atoms with Gasteiger partial charge < -0.3 is 14.7 Å². The number of fused-ring (bicyclic) bond motifs is 1. The summed E-state index contributed by atoms with van der Waals surface area (Å²) in [4.78, 5) is 6.90. The number of aromatic hydroxyl groups is 1. The van der Waals surface area contributed by atoms with Crippen molar-refractivity contribution in [2.45, 2.75) is 32.3 Å². The second kappa shape index (κ2) is 7.04. The number of benzene rings is 1. The van der Waals surface area contributed by atoms with E-state index in [1.54, 1.807) is 12.1 Å². The molecule has 1 N–H and O–H groups in total. The van der Waals surface area contributed by atoms with Gasteiger partial charge in [-0.05, 0) is 67.9 Å². The van der Waals surface area contributed by atoms with Crippen LogP contribution < -0.4 is 4.74 Å². The van der Waals surface area contributed by atoms with Crippen molar-refractivity contribution < 1.29 is 9.84 Å². The summed E-state index contributed by atoms with van der Waals surface area (Å²) in [6, 6.07) is 11.6. The van der Waals surface area contributed by atoms with Crippen LogP contribution in [0.1, 0.15) is 24.1 Å². The zero-order valence-electron chi connectivity index (χ0n) is 14.8. The third kappa shape index (κ3) is 3.96. The Bertz CT molecular complexity index is 685.